The molecule has 1 aromatic carbocycles. The first-order valence-electron chi connectivity index (χ1n) is 7.72. The minimum Gasteiger partial charge on any atom is -0.394 e. The second-order valence-electron chi connectivity index (χ2n) is 5.60. The van der Waals surface area contributed by atoms with Crippen LogP contribution in [-0.4, -0.2) is 44.8 Å². The van der Waals surface area contributed by atoms with E-state index in [9.17, 15) is 14.7 Å². The van der Waals surface area contributed by atoms with Crippen LogP contribution in [0.5, 0.6) is 0 Å². The third-order valence-corrected chi connectivity index (χ3v) is 3.86. The summed E-state index contributed by atoms with van der Waals surface area (Å²) in [7, 11) is 0. The Morgan fingerprint density at radius 1 is 1.36 bits per heavy atom. The van der Waals surface area contributed by atoms with Crippen molar-refractivity contribution in [2.45, 2.75) is 24.9 Å². The van der Waals surface area contributed by atoms with Gasteiger partial charge in [-0.05, 0) is 12.1 Å². The predicted octanol–water partition coefficient (Wildman–Crippen LogP) is -0.377. The van der Waals surface area contributed by atoms with Crippen LogP contribution >= 0.6 is 0 Å². The van der Waals surface area contributed by atoms with Crippen LogP contribution in [0.4, 0.5) is 5.69 Å². The zero-order chi connectivity index (χ0) is 17.8. The molecule has 132 valence electrons. The predicted molar refractivity (Wildman–Crippen MR) is 90.6 cm³/mol. The zero-order valence-corrected chi connectivity index (χ0v) is 13.2. The number of anilines is 1. The lowest BCUT2D eigenvalue weighted by atomic mass is 10.2. The lowest BCUT2D eigenvalue weighted by Gasteiger charge is -2.14. The van der Waals surface area contributed by atoms with Crippen molar-refractivity contribution >= 4 is 11.9 Å². The maximum absolute atomic E-state index is 12.0. The molecular formula is C16H18N4O5. The van der Waals surface area contributed by atoms with E-state index in [1.54, 1.807) is 0 Å². The number of para-hydroxylation sites is 1. The third kappa shape index (κ3) is 3.85. The van der Waals surface area contributed by atoms with Crippen molar-refractivity contribution < 1.29 is 14.9 Å². The standard InChI is InChI=1S/C16H18N4O5/c21-9-13-12(22)6-14(25-13)20-8-10(15(23)18-16(20)24)7-17-19-11-4-2-1-3-5-11/h1-5,7-8,12-14,19,21-22H,6,9H2,(H,18,23,24)/b17-7+/t12-,13+,14+/m0/s1. The highest BCUT2D eigenvalue weighted by Gasteiger charge is 2.35. The average Bonchev–Trinajstić information content (AvgIpc) is 2.98. The fourth-order valence-electron chi connectivity index (χ4n) is 2.55. The number of benzene rings is 1. The first-order valence-corrected chi connectivity index (χ1v) is 7.72. The molecule has 0 spiro atoms. The van der Waals surface area contributed by atoms with E-state index in [0.29, 0.717) is 0 Å². The number of nitrogens with one attached hydrogen (secondary N) is 2. The Balaban J connectivity index is 1.81. The number of hydrogen-bond acceptors (Lipinski definition) is 7. The molecule has 3 rings (SSSR count). The quantitative estimate of drug-likeness (QED) is 0.432. The normalized spacial score (nSPS) is 23.2. The van der Waals surface area contributed by atoms with E-state index < -0.39 is 29.7 Å². The maximum Gasteiger partial charge on any atom is 0.330 e. The van der Waals surface area contributed by atoms with Gasteiger partial charge in [0.1, 0.15) is 12.3 Å². The Kier molecular flexibility index (Phi) is 5.08. The molecule has 1 aliphatic rings. The van der Waals surface area contributed by atoms with Crippen LogP contribution < -0.4 is 16.7 Å². The molecule has 1 fully saturated rings. The Hall–Kier alpha value is -2.75. The van der Waals surface area contributed by atoms with Crippen molar-refractivity contribution in [2.24, 2.45) is 5.10 Å². The van der Waals surface area contributed by atoms with Crippen molar-refractivity contribution in [3.05, 3.63) is 62.9 Å². The molecule has 4 N–H and O–H groups in total. The summed E-state index contributed by atoms with van der Waals surface area (Å²) in [5, 5.41) is 22.9. The van der Waals surface area contributed by atoms with Gasteiger partial charge in [0.2, 0.25) is 0 Å². The molecule has 2 heterocycles. The van der Waals surface area contributed by atoms with Gasteiger partial charge in [-0.25, -0.2) is 4.79 Å². The van der Waals surface area contributed by atoms with Gasteiger partial charge in [-0.3, -0.25) is 19.8 Å². The van der Waals surface area contributed by atoms with Crippen molar-refractivity contribution in [1.82, 2.24) is 9.55 Å². The minimum absolute atomic E-state index is 0.135. The Bertz CT molecular complexity index is 861. The molecule has 9 heteroatoms. The van der Waals surface area contributed by atoms with Crippen molar-refractivity contribution in [3.63, 3.8) is 0 Å². The van der Waals surface area contributed by atoms with Gasteiger partial charge in [-0.15, -0.1) is 0 Å². The van der Waals surface area contributed by atoms with Crippen LogP contribution in [-0.2, 0) is 4.74 Å². The number of aromatic nitrogens is 2. The third-order valence-electron chi connectivity index (χ3n) is 3.86. The van der Waals surface area contributed by atoms with Crippen LogP contribution in [0.15, 0.2) is 51.2 Å². The average molecular weight is 346 g/mol. The molecule has 1 aromatic heterocycles. The van der Waals surface area contributed by atoms with Gasteiger partial charge >= 0.3 is 5.69 Å². The summed E-state index contributed by atoms with van der Waals surface area (Å²) in [6.45, 7) is -0.356. The van der Waals surface area contributed by atoms with Crippen molar-refractivity contribution in [3.8, 4) is 0 Å². The summed E-state index contributed by atoms with van der Waals surface area (Å²) in [4.78, 5) is 26.1. The van der Waals surface area contributed by atoms with Gasteiger partial charge in [0.25, 0.3) is 5.56 Å². The van der Waals surface area contributed by atoms with E-state index in [1.807, 2.05) is 30.3 Å². The smallest absolute Gasteiger partial charge is 0.330 e. The molecule has 2 aromatic rings. The molecule has 0 saturated carbocycles. The van der Waals surface area contributed by atoms with Crippen LogP contribution in [0, 0.1) is 0 Å². The summed E-state index contributed by atoms with van der Waals surface area (Å²) in [6.07, 6.45) is 0.318. The highest BCUT2D eigenvalue weighted by Crippen LogP contribution is 2.27. The number of H-pyrrole nitrogens is 1. The number of aromatic amines is 1. The number of aliphatic hydroxyl groups excluding tert-OH is 2. The first-order chi connectivity index (χ1) is 12.1. The van der Waals surface area contributed by atoms with Crippen molar-refractivity contribution in [1.29, 1.82) is 0 Å². The second-order valence-corrected chi connectivity index (χ2v) is 5.60. The van der Waals surface area contributed by atoms with Gasteiger partial charge in [0, 0.05) is 12.6 Å². The van der Waals surface area contributed by atoms with Gasteiger partial charge in [-0.2, -0.15) is 5.10 Å². The second kappa shape index (κ2) is 7.43. The number of nitrogens with zero attached hydrogens (tertiary/aromatic N) is 2. The van der Waals surface area contributed by atoms with Crippen molar-refractivity contribution in [2.75, 3.05) is 12.0 Å². The number of ether oxygens (including phenoxy) is 1. The summed E-state index contributed by atoms with van der Waals surface area (Å²) in [6, 6.07) is 9.16. The van der Waals surface area contributed by atoms with E-state index in [-0.39, 0.29) is 18.6 Å². The number of aliphatic hydroxyl groups is 2. The molecule has 9 nitrogen and oxygen atoms in total. The van der Waals surface area contributed by atoms with Crippen LogP contribution in [0.25, 0.3) is 0 Å². The fraction of sp³-hybridized carbons (Fsp3) is 0.312. The van der Waals surface area contributed by atoms with Crippen LogP contribution in [0.1, 0.15) is 18.2 Å². The minimum atomic E-state index is -0.884. The summed E-state index contributed by atoms with van der Waals surface area (Å²) < 4.78 is 6.61. The fourth-order valence-corrected chi connectivity index (χ4v) is 2.55. The molecular weight excluding hydrogens is 328 g/mol. The van der Waals surface area contributed by atoms with E-state index >= 15 is 0 Å². The summed E-state index contributed by atoms with van der Waals surface area (Å²) in [5.41, 5.74) is 2.42. The summed E-state index contributed by atoms with van der Waals surface area (Å²) in [5.74, 6) is 0. The lowest BCUT2D eigenvalue weighted by Crippen LogP contribution is -2.34. The zero-order valence-electron chi connectivity index (χ0n) is 13.2. The lowest BCUT2D eigenvalue weighted by molar-refractivity contribution is -0.0459. The van der Waals surface area contributed by atoms with Gasteiger partial charge < -0.3 is 14.9 Å². The first kappa shape index (κ1) is 17.1. The van der Waals surface area contributed by atoms with E-state index in [1.165, 1.54) is 17.0 Å². The van der Waals surface area contributed by atoms with Crippen LogP contribution in [0.3, 0.4) is 0 Å². The molecule has 1 saturated heterocycles. The van der Waals surface area contributed by atoms with E-state index in [4.69, 9.17) is 9.84 Å². The monoisotopic (exact) mass is 346 g/mol. The Morgan fingerprint density at radius 3 is 2.80 bits per heavy atom. The van der Waals surface area contributed by atoms with Gasteiger partial charge in [0.05, 0.1) is 30.2 Å². The molecule has 0 radical (unpaired) electrons. The highest BCUT2D eigenvalue weighted by atomic mass is 16.5. The van der Waals surface area contributed by atoms with Crippen LogP contribution in [0.2, 0.25) is 0 Å². The Morgan fingerprint density at radius 2 is 2.12 bits per heavy atom. The molecule has 25 heavy (non-hydrogen) atoms. The maximum atomic E-state index is 12.0. The number of rotatable bonds is 5. The SMILES string of the molecule is O=c1[nH]c(=O)n([C@H]2C[C@H](O)[C@@H](CO)O2)cc1/C=N/Nc1ccccc1. The van der Waals surface area contributed by atoms with Gasteiger partial charge in [0.15, 0.2) is 0 Å². The van der Waals surface area contributed by atoms with Gasteiger partial charge in [-0.1, -0.05) is 18.2 Å². The molecule has 0 amide bonds. The van der Waals surface area contributed by atoms with E-state index in [2.05, 4.69) is 15.5 Å². The summed E-state index contributed by atoms with van der Waals surface area (Å²) >= 11 is 0. The molecule has 0 aliphatic carbocycles. The molecule has 0 unspecified atom stereocenters. The molecule has 1 aliphatic heterocycles. The molecule has 0 bridgehead atoms. The highest BCUT2D eigenvalue weighted by molar-refractivity contribution is 5.79. The largest absolute Gasteiger partial charge is 0.394 e. The number of hydrazone groups is 1. The topological polar surface area (TPSA) is 129 Å². The van der Waals surface area contributed by atoms with E-state index in [0.717, 1.165) is 5.69 Å². The Labute approximate surface area is 142 Å². The number of hydrogen-bond donors (Lipinski definition) is 4. The molecule has 3 atom stereocenters.